The maximum Gasteiger partial charge on any atom is 0.316 e. The Morgan fingerprint density at radius 1 is 0.870 bits per heavy atom. The molecular weight excluding hydrogens is 651 g/mol. The highest BCUT2D eigenvalue weighted by molar-refractivity contribution is 6.35. The number of urea groups is 1. The lowest BCUT2D eigenvalue weighted by Gasteiger charge is -2.31. The van der Waals surface area contributed by atoms with Gasteiger partial charge < -0.3 is 21.7 Å². The van der Waals surface area contributed by atoms with E-state index >= 15 is 0 Å². The Kier molecular flexibility index (Phi) is 10.5. The number of Topliss-reactive ketones (excluding diaryl/α,β-unsaturated/α-hetero) is 1. The zero-order valence-electron chi connectivity index (χ0n) is 25.7. The van der Waals surface area contributed by atoms with E-state index in [0.717, 1.165) is 5.56 Å². The average Bonchev–Trinajstić information content (AvgIpc) is 3.31. The molecular formula is C33H33Cl3N6O4. The average molecular weight is 684 g/mol. The van der Waals surface area contributed by atoms with Gasteiger partial charge in [-0.05, 0) is 67.3 Å². The highest BCUT2D eigenvalue weighted by atomic mass is 35.5. The summed E-state index contributed by atoms with van der Waals surface area (Å²) < 4.78 is 1.56. The summed E-state index contributed by atoms with van der Waals surface area (Å²) in [4.78, 5) is 51.5. The number of halogens is 3. The van der Waals surface area contributed by atoms with Crippen LogP contribution in [-0.2, 0) is 9.59 Å². The van der Waals surface area contributed by atoms with E-state index in [1.807, 2.05) is 0 Å². The van der Waals surface area contributed by atoms with E-state index in [2.05, 4.69) is 21.0 Å². The van der Waals surface area contributed by atoms with Crippen LogP contribution >= 0.6 is 34.8 Å². The number of amides is 4. The topological polar surface area (TPSA) is 148 Å². The molecule has 240 valence electrons. The van der Waals surface area contributed by atoms with Crippen molar-refractivity contribution < 1.29 is 19.2 Å². The molecule has 10 nitrogen and oxygen atoms in total. The van der Waals surface area contributed by atoms with E-state index in [1.54, 1.807) is 99.1 Å². The van der Waals surface area contributed by atoms with Crippen molar-refractivity contribution in [2.75, 3.05) is 5.32 Å². The predicted molar refractivity (Wildman–Crippen MR) is 181 cm³/mol. The number of hydrogen-bond acceptors (Lipinski definition) is 5. The van der Waals surface area contributed by atoms with Gasteiger partial charge in [0, 0.05) is 26.9 Å². The number of anilines is 1. The van der Waals surface area contributed by atoms with Crippen molar-refractivity contribution >= 4 is 64.1 Å². The third-order valence-corrected chi connectivity index (χ3v) is 7.99. The molecule has 4 amide bonds. The lowest BCUT2D eigenvalue weighted by Crippen LogP contribution is -2.54. The molecule has 0 radical (unpaired) electrons. The summed E-state index contributed by atoms with van der Waals surface area (Å²) in [7, 11) is 0. The van der Waals surface area contributed by atoms with Crippen LogP contribution in [0.15, 0.2) is 66.7 Å². The van der Waals surface area contributed by atoms with Crippen LogP contribution in [0.25, 0.3) is 16.9 Å². The number of rotatable bonds is 9. The minimum Gasteiger partial charge on any atom is -0.351 e. The molecule has 0 aliphatic carbocycles. The van der Waals surface area contributed by atoms with Crippen LogP contribution in [0, 0.1) is 12.3 Å². The minimum absolute atomic E-state index is 0.0682. The van der Waals surface area contributed by atoms with Crippen molar-refractivity contribution in [3.63, 3.8) is 0 Å². The van der Waals surface area contributed by atoms with Crippen LogP contribution in [-0.4, -0.2) is 39.5 Å². The first kappa shape index (κ1) is 34.5. The van der Waals surface area contributed by atoms with Gasteiger partial charge in [0.1, 0.15) is 12.1 Å². The molecule has 46 heavy (non-hydrogen) atoms. The van der Waals surface area contributed by atoms with E-state index in [0.29, 0.717) is 43.3 Å². The van der Waals surface area contributed by atoms with Crippen molar-refractivity contribution in [3.05, 3.63) is 98.6 Å². The number of carbonyl (C=O) groups excluding carboxylic acids is 4. The molecule has 5 N–H and O–H groups in total. The van der Waals surface area contributed by atoms with Crippen LogP contribution in [0.5, 0.6) is 0 Å². The van der Waals surface area contributed by atoms with Gasteiger partial charge in [-0.2, -0.15) is 5.10 Å². The fraction of sp³-hybridized carbons (Fsp3) is 0.242. The van der Waals surface area contributed by atoms with E-state index in [1.165, 1.54) is 6.92 Å². The summed E-state index contributed by atoms with van der Waals surface area (Å²) in [5.74, 6) is -1.51. The maximum atomic E-state index is 13.9. The number of carbonyl (C=O) groups is 4. The quantitative estimate of drug-likeness (QED) is 0.152. The lowest BCUT2D eigenvalue weighted by molar-refractivity contribution is -0.130. The molecule has 13 heteroatoms. The SMILES string of the molecule is CC(=O)C(NC(=O)C(NC(=O)c1nn(-c2ccc(Cl)cc2Cl)c(-c2ccc(Cl)cc2)c1C)C(C)(C)C)c1ccc(NC(N)=O)cc1. The van der Waals surface area contributed by atoms with Gasteiger partial charge in [-0.3, -0.25) is 14.4 Å². The van der Waals surface area contributed by atoms with Crippen LogP contribution in [0.1, 0.15) is 55.4 Å². The Hall–Kier alpha value is -4.38. The van der Waals surface area contributed by atoms with Gasteiger partial charge in [-0.25, -0.2) is 9.48 Å². The largest absolute Gasteiger partial charge is 0.351 e. The number of nitrogens with two attached hydrogens (primary N) is 1. The number of aromatic nitrogens is 2. The first-order valence-electron chi connectivity index (χ1n) is 14.2. The van der Waals surface area contributed by atoms with Crippen LogP contribution < -0.4 is 21.7 Å². The molecule has 0 saturated carbocycles. The zero-order valence-corrected chi connectivity index (χ0v) is 28.0. The Balaban J connectivity index is 1.69. The number of nitrogens with zero attached hydrogens (tertiary/aromatic N) is 2. The molecule has 0 spiro atoms. The Bertz CT molecular complexity index is 1800. The number of ketones is 1. The summed E-state index contributed by atoms with van der Waals surface area (Å²) in [5, 5.41) is 14.0. The van der Waals surface area contributed by atoms with E-state index in [4.69, 9.17) is 40.5 Å². The number of primary amides is 1. The first-order valence-corrected chi connectivity index (χ1v) is 15.3. The van der Waals surface area contributed by atoms with Gasteiger partial charge in [0.15, 0.2) is 11.5 Å². The Morgan fingerprint density at radius 3 is 2.02 bits per heavy atom. The van der Waals surface area contributed by atoms with Crippen LogP contribution in [0.4, 0.5) is 10.5 Å². The van der Waals surface area contributed by atoms with Crippen molar-refractivity contribution in [2.45, 2.75) is 46.7 Å². The van der Waals surface area contributed by atoms with E-state index in [9.17, 15) is 19.2 Å². The molecule has 2 atom stereocenters. The zero-order chi connectivity index (χ0) is 33.9. The molecule has 4 rings (SSSR count). The van der Waals surface area contributed by atoms with Crippen LogP contribution in [0.2, 0.25) is 15.1 Å². The molecule has 0 bridgehead atoms. The van der Waals surface area contributed by atoms with Gasteiger partial charge in [-0.15, -0.1) is 0 Å². The molecule has 4 aromatic rings. The third kappa shape index (κ3) is 7.88. The van der Waals surface area contributed by atoms with Gasteiger partial charge >= 0.3 is 6.03 Å². The Labute approximate surface area is 281 Å². The van der Waals surface area contributed by atoms with Crippen molar-refractivity contribution in [1.29, 1.82) is 0 Å². The highest BCUT2D eigenvalue weighted by Crippen LogP contribution is 2.33. The fourth-order valence-corrected chi connectivity index (χ4v) is 5.52. The first-order chi connectivity index (χ1) is 21.6. The molecule has 0 saturated heterocycles. The molecule has 0 fully saturated rings. The Morgan fingerprint density at radius 2 is 1.48 bits per heavy atom. The fourth-order valence-electron chi connectivity index (χ4n) is 4.91. The normalized spacial score (nSPS) is 12.6. The molecule has 1 aromatic heterocycles. The second-order valence-corrected chi connectivity index (χ2v) is 13.1. The summed E-state index contributed by atoms with van der Waals surface area (Å²) in [6.07, 6.45) is 0. The summed E-state index contributed by atoms with van der Waals surface area (Å²) in [5.41, 5.74) is 7.72. The minimum atomic E-state index is -1.07. The number of hydrogen-bond donors (Lipinski definition) is 4. The lowest BCUT2D eigenvalue weighted by atomic mass is 9.85. The summed E-state index contributed by atoms with van der Waals surface area (Å²) in [6, 6.07) is 15.5. The van der Waals surface area contributed by atoms with Crippen molar-refractivity contribution in [3.8, 4) is 16.9 Å². The predicted octanol–water partition coefficient (Wildman–Crippen LogP) is 6.89. The highest BCUT2D eigenvalue weighted by Gasteiger charge is 2.36. The number of nitrogens with one attached hydrogen (secondary N) is 3. The third-order valence-electron chi connectivity index (χ3n) is 7.20. The molecule has 1 heterocycles. The molecule has 0 aliphatic heterocycles. The van der Waals surface area contributed by atoms with Crippen molar-refractivity contribution in [2.24, 2.45) is 11.1 Å². The van der Waals surface area contributed by atoms with E-state index < -0.39 is 35.3 Å². The summed E-state index contributed by atoms with van der Waals surface area (Å²) in [6.45, 7) is 8.48. The second-order valence-electron chi connectivity index (χ2n) is 11.8. The summed E-state index contributed by atoms with van der Waals surface area (Å²) >= 11 is 18.8. The molecule has 2 unspecified atom stereocenters. The van der Waals surface area contributed by atoms with E-state index in [-0.39, 0.29) is 11.5 Å². The van der Waals surface area contributed by atoms with Gasteiger partial charge in [0.2, 0.25) is 5.91 Å². The molecule has 3 aromatic carbocycles. The maximum absolute atomic E-state index is 13.9. The standard InChI is InChI=1S/C33H33Cl3N6O4/c1-17-26(41-42(25-15-12-22(35)16-24(25)36)28(17)20-6-10-21(34)11-7-20)30(44)40-29(33(3,4)5)31(45)39-27(18(2)43)19-8-13-23(14-9-19)38-32(37)46/h6-16,27,29H,1-5H3,(H,39,45)(H,40,44)(H3,37,38,46). The van der Waals surface area contributed by atoms with Gasteiger partial charge in [0.25, 0.3) is 5.91 Å². The monoisotopic (exact) mass is 682 g/mol. The number of benzene rings is 3. The van der Waals surface area contributed by atoms with Gasteiger partial charge in [-0.1, -0.05) is 79.8 Å². The molecule has 0 aliphatic rings. The second kappa shape index (κ2) is 13.9. The van der Waals surface area contributed by atoms with Crippen molar-refractivity contribution in [1.82, 2.24) is 20.4 Å². The smallest absolute Gasteiger partial charge is 0.316 e. The van der Waals surface area contributed by atoms with Crippen LogP contribution in [0.3, 0.4) is 0 Å². The van der Waals surface area contributed by atoms with Gasteiger partial charge in [0.05, 0.1) is 16.4 Å².